The minimum atomic E-state index is 0.0118. The first-order valence-corrected chi connectivity index (χ1v) is 10.3. The molecule has 0 aliphatic rings. The molecular formula is C23H22N4OS. The summed E-state index contributed by atoms with van der Waals surface area (Å²) in [6.45, 7) is 1.84. The largest absolute Gasteiger partial charge is 0.363 e. The van der Waals surface area contributed by atoms with E-state index in [0.717, 1.165) is 43.4 Å². The van der Waals surface area contributed by atoms with E-state index < -0.39 is 0 Å². The first kappa shape index (κ1) is 19.1. The number of amides is 1. The zero-order valence-electron chi connectivity index (χ0n) is 16.6. The van der Waals surface area contributed by atoms with E-state index in [9.17, 15) is 4.79 Å². The molecule has 0 radical (unpaired) electrons. The van der Waals surface area contributed by atoms with Crippen LogP contribution in [0.2, 0.25) is 0 Å². The van der Waals surface area contributed by atoms with Gasteiger partial charge in [-0.05, 0) is 35.9 Å². The third-order valence-corrected chi connectivity index (χ3v) is 5.73. The van der Waals surface area contributed by atoms with Crippen molar-refractivity contribution in [3.05, 3.63) is 60.8 Å². The van der Waals surface area contributed by atoms with E-state index in [0.29, 0.717) is 6.42 Å². The van der Waals surface area contributed by atoms with Crippen molar-refractivity contribution >= 4 is 39.0 Å². The summed E-state index contributed by atoms with van der Waals surface area (Å²) < 4.78 is 1.06. The van der Waals surface area contributed by atoms with Crippen molar-refractivity contribution in [2.24, 2.45) is 0 Å². The summed E-state index contributed by atoms with van der Waals surface area (Å²) in [6, 6.07) is 18.3. The number of benzene rings is 2. The first-order chi connectivity index (χ1) is 14.0. The van der Waals surface area contributed by atoms with Gasteiger partial charge in [0.1, 0.15) is 10.8 Å². The van der Waals surface area contributed by atoms with Crippen molar-refractivity contribution in [2.75, 3.05) is 24.3 Å². The van der Waals surface area contributed by atoms with E-state index in [-0.39, 0.29) is 5.91 Å². The maximum atomic E-state index is 11.6. The number of nitrogens with zero attached hydrogens (tertiary/aromatic N) is 3. The Balaban J connectivity index is 1.58. The SMILES string of the molecule is CCC(=O)Nc1ccc2nc(-c3ccc(-c4ccc(N(C)C)nc4)cc3)sc2c1. The molecule has 5 nitrogen and oxygen atoms in total. The highest BCUT2D eigenvalue weighted by Gasteiger charge is 2.09. The van der Waals surface area contributed by atoms with Crippen LogP contribution in [0.15, 0.2) is 60.8 Å². The van der Waals surface area contributed by atoms with E-state index >= 15 is 0 Å². The van der Waals surface area contributed by atoms with Crippen LogP contribution in [0.5, 0.6) is 0 Å². The number of aromatic nitrogens is 2. The van der Waals surface area contributed by atoms with Crippen LogP contribution in [0.3, 0.4) is 0 Å². The van der Waals surface area contributed by atoms with Gasteiger partial charge in [0.25, 0.3) is 0 Å². The number of carbonyl (C=O) groups excluding carboxylic acids is 1. The zero-order chi connectivity index (χ0) is 20.4. The molecule has 6 heteroatoms. The Kier molecular flexibility index (Phi) is 5.27. The Morgan fingerprint density at radius 2 is 1.72 bits per heavy atom. The molecule has 2 aromatic carbocycles. The Labute approximate surface area is 174 Å². The van der Waals surface area contributed by atoms with Crippen LogP contribution in [0.25, 0.3) is 31.9 Å². The third kappa shape index (κ3) is 4.12. The maximum absolute atomic E-state index is 11.6. The molecular weight excluding hydrogens is 380 g/mol. The third-order valence-electron chi connectivity index (χ3n) is 4.66. The highest BCUT2D eigenvalue weighted by atomic mass is 32.1. The second-order valence-electron chi connectivity index (χ2n) is 6.98. The number of carbonyl (C=O) groups is 1. The molecule has 0 aliphatic carbocycles. The second-order valence-corrected chi connectivity index (χ2v) is 8.01. The van der Waals surface area contributed by atoms with Crippen LogP contribution in [-0.2, 0) is 4.79 Å². The van der Waals surface area contributed by atoms with Crippen LogP contribution >= 0.6 is 11.3 Å². The summed E-state index contributed by atoms with van der Waals surface area (Å²) in [6.07, 6.45) is 2.36. The molecule has 0 spiro atoms. The summed E-state index contributed by atoms with van der Waals surface area (Å²) in [5, 5.41) is 3.86. The van der Waals surface area contributed by atoms with Gasteiger partial charge in [-0.1, -0.05) is 31.2 Å². The van der Waals surface area contributed by atoms with Crippen molar-refractivity contribution in [3.63, 3.8) is 0 Å². The molecule has 0 bridgehead atoms. The van der Waals surface area contributed by atoms with Gasteiger partial charge in [0.2, 0.25) is 5.91 Å². The van der Waals surface area contributed by atoms with Gasteiger partial charge in [-0.25, -0.2) is 9.97 Å². The molecule has 146 valence electrons. The lowest BCUT2D eigenvalue weighted by atomic mass is 10.1. The first-order valence-electron chi connectivity index (χ1n) is 9.48. The number of hydrogen-bond acceptors (Lipinski definition) is 5. The molecule has 4 aromatic rings. The number of thiazole rings is 1. The van der Waals surface area contributed by atoms with Crippen LogP contribution in [0, 0.1) is 0 Å². The lowest BCUT2D eigenvalue weighted by Crippen LogP contribution is -2.09. The van der Waals surface area contributed by atoms with Crippen LogP contribution in [0.1, 0.15) is 13.3 Å². The minimum Gasteiger partial charge on any atom is -0.363 e. The molecule has 29 heavy (non-hydrogen) atoms. The average molecular weight is 403 g/mol. The lowest BCUT2D eigenvalue weighted by Gasteiger charge is -2.11. The topological polar surface area (TPSA) is 58.1 Å². The van der Waals surface area contributed by atoms with E-state index in [1.54, 1.807) is 11.3 Å². The standard InChI is InChI=1S/C23H22N4OS/c1-4-22(28)25-18-10-11-19-20(13-18)29-23(26-19)16-7-5-15(6-8-16)17-9-12-21(24-14-17)27(2)3/h5-14H,4H2,1-3H3,(H,25,28). The van der Waals surface area contributed by atoms with Crippen molar-refractivity contribution < 1.29 is 4.79 Å². The molecule has 2 aromatic heterocycles. The molecule has 0 atom stereocenters. The van der Waals surface area contributed by atoms with Gasteiger partial charge < -0.3 is 10.2 Å². The fourth-order valence-electron chi connectivity index (χ4n) is 3.00. The van der Waals surface area contributed by atoms with Crippen molar-refractivity contribution in [2.45, 2.75) is 13.3 Å². The highest BCUT2D eigenvalue weighted by Crippen LogP contribution is 2.33. The predicted molar refractivity (Wildman–Crippen MR) is 122 cm³/mol. The van der Waals surface area contributed by atoms with Crippen LogP contribution in [-0.4, -0.2) is 30.0 Å². The Hall–Kier alpha value is -3.25. The number of hydrogen-bond donors (Lipinski definition) is 1. The maximum Gasteiger partial charge on any atom is 0.224 e. The molecule has 1 amide bonds. The lowest BCUT2D eigenvalue weighted by molar-refractivity contribution is -0.115. The normalized spacial score (nSPS) is 10.9. The van der Waals surface area contributed by atoms with Gasteiger partial charge >= 0.3 is 0 Å². The van der Waals surface area contributed by atoms with Crippen molar-refractivity contribution in [1.82, 2.24) is 9.97 Å². The van der Waals surface area contributed by atoms with Gasteiger partial charge in [0.05, 0.1) is 10.2 Å². The van der Waals surface area contributed by atoms with Crippen LogP contribution < -0.4 is 10.2 Å². The molecule has 0 fully saturated rings. The summed E-state index contributed by atoms with van der Waals surface area (Å²) in [5.74, 6) is 0.951. The monoisotopic (exact) mass is 402 g/mol. The molecule has 2 heterocycles. The van der Waals surface area contributed by atoms with Gasteiger partial charge in [0, 0.05) is 43.5 Å². The average Bonchev–Trinajstić information content (AvgIpc) is 3.17. The molecule has 0 aliphatic heterocycles. The minimum absolute atomic E-state index is 0.0118. The summed E-state index contributed by atoms with van der Waals surface area (Å²) in [4.78, 5) is 22.8. The molecule has 0 unspecified atom stereocenters. The quantitative estimate of drug-likeness (QED) is 0.483. The van der Waals surface area contributed by atoms with Crippen LogP contribution in [0.4, 0.5) is 11.5 Å². The van der Waals surface area contributed by atoms with Gasteiger partial charge in [0.15, 0.2) is 0 Å². The summed E-state index contributed by atoms with van der Waals surface area (Å²) in [5.41, 5.74) is 5.03. The van der Waals surface area contributed by atoms with Crippen molar-refractivity contribution in [1.29, 1.82) is 0 Å². The van der Waals surface area contributed by atoms with E-state index in [1.165, 1.54) is 0 Å². The number of fused-ring (bicyclic) bond motifs is 1. The highest BCUT2D eigenvalue weighted by molar-refractivity contribution is 7.21. The van der Waals surface area contributed by atoms with Gasteiger partial charge in [-0.15, -0.1) is 11.3 Å². The number of anilines is 2. The predicted octanol–water partition coefficient (Wildman–Crippen LogP) is 5.44. The number of pyridine rings is 1. The van der Waals surface area contributed by atoms with E-state index in [1.807, 2.05) is 56.4 Å². The van der Waals surface area contributed by atoms with Gasteiger partial charge in [-0.3, -0.25) is 4.79 Å². The second kappa shape index (κ2) is 8.01. The zero-order valence-corrected chi connectivity index (χ0v) is 17.5. The molecule has 0 saturated carbocycles. The van der Waals surface area contributed by atoms with Gasteiger partial charge in [-0.2, -0.15) is 0 Å². The summed E-state index contributed by atoms with van der Waals surface area (Å²) >= 11 is 1.63. The number of nitrogens with one attached hydrogen (secondary N) is 1. The summed E-state index contributed by atoms with van der Waals surface area (Å²) in [7, 11) is 3.96. The fourth-order valence-corrected chi connectivity index (χ4v) is 4.01. The van der Waals surface area contributed by atoms with Crippen molar-refractivity contribution in [3.8, 4) is 21.7 Å². The molecule has 4 rings (SSSR count). The number of rotatable bonds is 5. The fraction of sp³-hybridized carbons (Fsp3) is 0.174. The Morgan fingerprint density at radius 3 is 2.38 bits per heavy atom. The molecule has 0 saturated heterocycles. The smallest absolute Gasteiger partial charge is 0.224 e. The Morgan fingerprint density at radius 1 is 1.00 bits per heavy atom. The van der Waals surface area contributed by atoms with E-state index in [2.05, 4.69) is 40.6 Å². The van der Waals surface area contributed by atoms with E-state index in [4.69, 9.17) is 4.98 Å². The molecule has 1 N–H and O–H groups in total. The Bertz CT molecular complexity index is 1150.